The lowest BCUT2D eigenvalue weighted by Gasteiger charge is -2.07. The highest BCUT2D eigenvalue weighted by Crippen LogP contribution is 2.14. The summed E-state index contributed by atoms with van der Waals surface area (Å²) in [6, 6.07) is 9.10. The minimum absolute atomic E-state index is 0.0326. The molecule has 0 spiro atoms. The van der Waals surface area contributed by atoms with Gasteiger partial charge in [0.25, 0.3) is 0 Å². The quantitative estimate of drug-likeness (QED) is 0.748. The maximum atomic E-state index is 11.7. The van der Waals surface area contributed by atoms with Crippen LogP contribution >= 0.6 is 0 Å². The molecule has 0 aliphatic heterocycles. The molecule has 2 aromatic rings. The van der Waals surface area contributed by atoms with Gasteiger partial charge in [-0.3, -0.25) is 9.48 Å². The third kappa shape index (κ3) is 5.18. The Morgan fingerprint density at radius 3 is 3.00 bits per heavy atom. The van der Waals surface area contributed by atoms with Crippen molar-refractivity contribution in [3.05, 3.63) is 42.2 Å². The fourth-order valence-corrected chi connectivity index (χ4v) is 1.88. The number of amides is 1. The van der Waals surface area contributed by atoms with Crippen molar-refractivity contribution in [2.45, 2.75) is 12.8 Å². The van der Waals surface area contributed by atoms with E-state index in [2.05, 4.69) is 10.4 Å². The van der Waals surface area contributed by atoms with E-state index in [1.54, 1.807) is 16.8 Å². The first-order chi connectivity index (χ1) is 10.1. The number of benzene rings is 1. The fourth-order valence-electron chi connectivity index (χ4n) is 1.88. The Balaban J connectivity index is 1.61. The number of ether oxygens (including phenoxy) is 1. The summed E-state index contributed by atoms with van der Waals surface area (Å²) in [7, 11) is 1.87. The minimum Gasteiger partial charge on any atom is -0.493 e. The molecule has 112 valence electrons. The molecule has 0 unspecified atom stereocenters. The largest absolute Gasteiger partial charge is 0.493 e. The summed E-state index contributed by atoms with van der Waals surface area (Å²) in [5.74, 6) is 0.645. The van der Waals surface area contributed by atoms with Crippen LogP contribution in [0.2, 0.25) is 0 Å². The zero-order valence-electron chi connectivity index (χ0n) is 12.1. The Kier molecular flexibility index (Phi) is 5.20. The van der Waals surface area contributed by atoms with E-state index in [4.69, 9.17) is 10.5 Å². The molecule has 0 saturated heterocycles. The van der Waals surface area contributed by atoms with Gasteiger partial charge in [0.2, 0.25) is 5.91 Å². The van der Waals surface area contributed by atoms with E-state index in [9.17, 15) is 4.79 Å². The van der Waals surface area contributed by atoms with Gasteiger partial charge in [-0.2, -0.15) is 5.10 Å². The second kappa shape index (κ2) is 7.33. The number of carbonyl (C=O) groups is 1. The molecule has 6 nitrogen and oxygen atoms in total. The third-order valence-electron chi connectivity index (χ3n) is 2.93. The summed E-state index contributed by atoms with van der Waals surface area (Å²) in [5.41, 5.74) is 7.26. The number of hydrogen-bond acceptors (Lipinski definition) is 4. The molecule has 0 radical (unpaired) electrons. The van der Waals surface area contributed by atoms with E-state index in [0.29, 0.717) is 31.0 Å². The molecule has 21 heavy (non-hydrogen) atoms. The van der Waals surface area contributed by atoms with Gasteiger partial charge in [0.15, 0.2) is 0 Å². The van der Waals surface area contributed by atoms with Crippen molar-refractivity contribution < 1.29 is 9.53 Å². The Hall–Kier alpha value is -2.50. The van der Waals surface area contributed by atoms with Crippen molar-refractivity contribution in [3.63, 3.8) is 0 Å². The van der Waals surface area contributed by atoms with Crippen LogP contribution in [0.3, 0.4) is 0 Å². The Morgan fingerprint density at radius 2 is 2.29 bits per heavy atom. The number of carbonyl (C=O) groups excluding carboxylic acids is 1. The molecule has 0 saturated carbocycles. The molecule has 0 bridgehead atoms. The highest BCUT2D eigenvalue weighted by Gasteiger charge is 2.03. The molecule has 6 heteroatoms. The Labute approximate surface area is 123 Å². The highest BCUT2D eigenvalue weighted by atomic mass is 16.5. The van der Waals surface area contributed by atoms with Gasteiger partial charge in [0, 0.05) is 38.0 Å². The number of aryl methyl sites for hydroxylation is 1. The molecule has 3 N–H and O–H groups in total. The number of rotatable bonds is 7. The molecular weight excluding hydrogens is 268 g/mol. The Morgan fingerprint density at radius 1 is 1.43 bits per heavy atom. The molecule has 0 aliphatic rings. The molecule has 1 amide bonds. The summed E-state index contributed by atoms with van der Waals surface area (Å²) in [4.78, 5) is 11.7. The second-order valence-electron chi connectivity index (χ2n) is 4.75. The summed E-state index contributed by atoms with van der Waals surface area (Å²) >= 11 is 0. The smallest absolute Gasteiger partial charge is 0.223 e. The number of anilines is 1. The van der Waals surface area contributed by atoms with Gasteiger partial charge in [-0.25, -0.2) is 0 Å². The van der Waals surface area contributed by atoms with Crippen molar-refractivity contribution >= 4 is 11.6 Å². The van der Waals surface area contributed by atoms with E-state index in [1.807, 2.05) is 31.4 Å². The van der Waals surface area contributed by atoms with Gasteiger partial charge in [-0.15, -0.1) is 0 Å². The molecule has 1 aromatic carbocycles. The van der Waals surface area contributed by atoms with Gasteiger partial charge in [0.1, 0.15) is 5.75 Å². The lowest BCUT2D eigenvalue weighted by molar-refractivity contribution is -0.121. The minimum atomic E-state index is -0.0326. The van der Waals surface area contributed by atoms with Crippen LogP contribution in [-0.4, -0.2) is 28.8 Å². The summed E-state index contributed by atoms with van der Waals surface area (Å²) in [6.07, 6.45) is 2.93. The number of nitrogens with zero attached hydrogens (tertiary/aromatic N) is 2. The van der Waals surface area contributed by atoms with Crippen molar-refractivity contribution in [1.82, 2.24) is 15.1 Å². The van der Waals surface area contributed by atoms with E-state index < -0.39 is 0 Å². The Bertz CT molecular complexity index is 595. The monoisotopic (exact) mass is 288 g/mol. The van der Waals surface area contributed by atoms with Crippen molar-refractivity contribution in [1.29, 1.82) is 0 Å². The molecule has 0 aliphatic carbocycles. The normalized spacial score (nSPS) is 10.3. The lowest BCUT2D eigenvalue weighted by atomic mass is 10.3. The third-order valence-corrected chi connectivity index (χ3v) is 2.93. The predicted octanol–water partition coefficient (Wildman–Crippen LogP) is 1.13. The zero-order valence-corrected chi connectivity index (χ0v) is 12.1. The van der Waals surface area contributed by atoms with Crippen LogP contribution in [0.5, 0.6) is 5.75 Å². The van der Waals surface area contributed by atoms with Crippen molar-refractivity contribution in [2.24, 2.45) is 7.05 Å². The predicted molar refractivity (Wildman–Crippen MR) is 80.9 cm³/mol. The number of nitrogens with one attached hydrogen (secondary N) is 1. The van der Waals surface area contributed by atoms with E-state index >= 15 is 0 Å². The molecule has 0 fully saturated rings. The van der Waals surface area contributed by atoms with Crippen LogP contribution in [0.1, 0.15) is 12.1 Å². The fraction of sp³-hybridized carbons (Fsp3) is 0.333. The lowest BCUT2D eigenvalue weighted by Crippen LogP contribution is -2.27. The van der Waals surface area contributed by atoms with Crippen molar-refractivity contribution in [2.75, 3.05) is 18.9 Å². The second-order valence-corrected chi connectivity index (χ2v) is 4.75. The first kappa shape index (κ1) is 14.9. The van der Waals surface area contributed by atoms with Crippen LogP contribution in [0.25, 0.3) is 0 Å². The van der Waals surface area contributed by atoms with Gasteiger partial charge in [0.05, 0.1) is 18.7 Å². The standard InChI is InChI=1S/C15H20N4O2/c1-19-9-6-13(18-19)5-8-17-15(20)7-10-21-14-4-2-3-12(16)11-14/h2-4,6,9,11H,5,7-8,10,16H2,1H3,(H,17,20). The van der Waals surface area contributed by atoms with E-state index in [0.717, 1.165) is 12.1 Å². The molecule has 1 aromatic heterocycles. The SMILES string of the molecule is Cn1ccc(CCNC(=O)CCOc2cccc(N)c2)n1. The summed E-state index contributed by atoms with van der Waals surface area (Å²) in [6.45, 7) is 0.910. The first-order valence-corrected chi connectivity index (χ1v) is 6.87. The number of hydrogen-bond donors (Lipinski definition) is 2. The topological polar surface area (TPSA) is 82.2 Å². The van der Waals surface area contributed by atoms with Crippen LogP contribution < -0.4 is 15.8 Å². The number of aromatic nitrogens is 2. The summed E-state index contributed by atoms with van der Waals surface area (Å²) in [5, 5.41) is 7.09. The molecular formula is C15H20N4O2. The van der Waals surface area contributed by atoms with Crippen LogP contribution in [0.4, 0.5) is 5.69 Å². The molecule has 2 rings (SSSR count). The van der Waals surface area contributed by atoms with Gasteiger partial charge in [-0.1, -0.05) is 6.07 Å². The zero-order chi connectivity index (χ0) is 15.1. The highest BCUT2D eigenvalue weighted by molar-refractivity contribution is 5.75. The van der Waals surface area contributed by atoms with Crippen molar-refractivity contribution in [3.8, 4) is 5.75 Å². The molecule has 1 heterocycles. The number of nitrogens with two attached hydrogens (primary N) is 1. The van der Waals surface area contributed by atoms with Gasteiger partial charge >= 0.3 is 0 Å². The first-order valence-electron chi connectivity index (χ1n) is 6.87. The maximum Gasteiger partial charge on any atom is 0.223 e. The summed E-state index contributed by atoms with van der Waals surface area (Å²) < 4.78 is 7.22. The average Bonchev–Trinajstić information content (AvgIpc) is 2.84. The maximum absolute atomic E-state index is 11.7. The van der Waals surface area contributed by atoms with Gasteiger partial charge in [-0.05, 0) is 18.2 Å². The molecule has 0 atom stereocenters. The van der Waals surface area contributed by atoms with E-state index in [1.165, 1.54) is 0 Å². The van der Waals surface area contributed by atoms with Gasteiger partial charge < -0.3 is 15.8 Å². The van der Waals surface area contributed by atoms with Crippen LogP contribution in [-0.2, 0) is 18.3 Å². The average molecular weight is 288 g/mol. The van der Waals surface area contributed by atoms with E-state index in [-0.39, 0.29) is 5.91 Å². The van der Waals surface area contributed by atoms with Crippen LogP contribution in [0.15, 0.2) is 36.5 Å². The van der Waals surface area contributed by atoms with Crippen LogP contribution in [0, 0.1) is 0 Å². The number of nitrogen functional groups attached to an aromatic ring is 1.